The number of hydrogen-bond donors (Lipinski definition) is 3. The van der Waals surface area contributed by atoms with Gasteiger partial charge in [0, 0.05) is 29.4 Å². The Balaban J connectivity index is 1.54. The van der Waals surface area contributed by atoms with Crippen LogP contribution < -0.4 is 16.4 Å². The second-order valence-corrected chi connectivity index (χ2v) is 9.01. The summed E-state index contributed by atoms with van der Waals surface area (Å²) < 4.78 is 40.6. The number of hydrogen-bond acceptors (Lipinski definition) is 5. The van der Waals surface area contributed by atoms with Crippen LogP contribution in [-0.2, 0) is 6.18 Å². The molecule has 2 aromatic carbocycles. The average molecular weight is 437 g/mol. The van der Waals surface area contributed by atoms with Crippen LogP contribution in [0.5, 0.6) is 0 Å². The molecule has 1 atom stereocenters. The van der Waals surface area contributed by atoms with E-state index in [-0.39, 0.29) is 0 Å². The van der Waals surface area contributed by atoms with Gasteiger partial charge in [0.1, 0.15) is 0 Å². The van der Waals surface area contributed by atoms with E-state index in [0.29, 0.717) is 29.6 Å². The van der Waals surface area contributed by atoms with Gasteiger partial charge in [0.15, 0.2) is 0 Å². The highest BCUT2D eigenvalue weighted by molar-refractivity contribution is 7.99. The Morgan fingerprint density at radius 2 is 1.97 bits per heavy atom. The molecule has 0 aromatic heterocycles. The molecule has 0 amide bonds. The molecule has 2 aromatic rings. The molecular weight excluding hydrogens is 409 g/mol. The van der Waals surface area contributed by atoms with Gasteiger partial charge in [-0.1, -0.05) is 23.9 Å². The second kappa shape index (κ2) is 9.08. The van der Waals surface area contributed by atoms with E-state index < -0.39 is 11.7 Å². The maximum atomic E-state index is 13.5. The minimum Gasteiger partial charge on any atom is -0.383 e. The van der Waals surface area contributed by atoms with Crippen LogP contribution in [0.25, 0.3) is 0 Å². The van der Waals surface area contributed by atoms with E-state index in [0.717, 1.165) is 55.2 Å². The first-order valence-corrected chi connectivity index (χ1v) is 11.2. The Labute approximate surface area is 179 Å². The molecule has 4 nitrogen and oxygen atoms in total. The van der Waals surface area contributed by atoms with Crippen molar-refractivity contribution in [1.82, 2.24) is 4.90 Å². The number of para-hydroxylation sites is 1. The fourth-order valence-electron chi connectivity index (χ4n) is 4.13. The summed E-state index contributed by atoms with van der Waals surface area (Å²) in [5.41, 5.74) is 7.22. The molecule has 1 unspecified atom stereocenters. The van der Waals surface area contributed by atoms with Crippen molar-refractivity contribution < 1.29 is 13.2 Å². The first-order chi connectivity index (χ1) is 14.4. The summed E-state index contributed by atoms with van der Waals surface area (Å²) in [6, 6.07) is 10.2. The number of nitrogens with one attached hydrogen (secondary N) is 2. The fraction of sp³-hybridized carbons (Fsp3) is 0.455. The van der Waals surface area contributed by atoms with Crippen LogP contribution in [0.2, 0.25) is 0 Å². The van der Waals surface area contributed by atoms with Gasteiger partial charge in [-0.15, -0.1) is 0 Å². The summed E-state index contributed by atoms with van der Waals surface area (Å²) in [6.07, 6.45) is -1.19. The lowest BCUT2D eigenvalue weighted by atomic mass is 10.0. The van der Waals surface area contributed by atoms with Crippen LogP contribution in [0.4, 0.5) is 30.2 Å². The lowest BCUT2D eigenvalue weighted by Crippen LogP contribution is -2.30. The van der Waals surface area contributed by atoms with Crippen molar-refractivity contribution in [3.63, 3.8) is 0 Å². The standard InChI is InChI=1S/C22H27F3N4S/c23-22(24,25)16-12-18(27-14-15-4-3-9-29(10-7-15)11-8-26)21-20(13-16)30-19-6-2-1-5-17(19)28-21/h1-2,5-6,12-13,15,27-28H,3-4,7-11,14,26H2. The zero-order valence-corrected chi connectivity index (χ0v) is 17.6. The molecule has 1 saturated heterocycles. The molecule has 162 valence electrons. The highest BCUT2D eigenvalue weighted by atomic mass is 32.2. The number of fused-ring (bicyclic) bond motifs is 2. The topological polar surface area (TPSA) is 53.3 Å². The van der Waals surface area contributed by atoms with Crippen LogP contribution in [0.1, 0.15) is 24.8 Å². The van der Waals surface area contributed by atoms with Crippen molar-refractivity contribution in [3.05, 3.63) is 42.0 Å². The fourth-order valence-corrected chi connectivity index (χ4v) is 5.19. The summed E-state index contributed by atoms with van der Waals surface area (Å²) in [4.78, 5) is 3.90. The summed E-state index contributed by atoms with van der Waals surface area (Å²) in [5, 5.41) is 6.68. The third kappa shape index (κ3) is 4.87. The van der Waals surface area contributed by atoms with Crippen LogP contribution in [-0.4, -0.2) is 37.6 Å². The van der Waals surface area contributed by atoms with E-state index in [1.165, 1.54) is 23.9 Å². The minimum atomic E-state index is -4.38. The van der Waals surface area contributed by atoms with E-state index in [9.17, 15) is 13.2 Å². The quantitative estimate of drug-likeness (QED) is 0.501. The zero-order chi connectivity index (χ0) is 21.1. The van der Waals surface area contributed by atoms with Crippen molar-refractivity contribution in [3.8, 4) is 0 Å². The number of halogens is 3. The molecule has 2 heterocycles. The summed E-state index contributed by atoms with van der Waals surface area (Å²) in [5.74, 6) is 0.432. The first kappa shape index (κ1) is 21.3. The maximum absolute atomic E-state index is 13.5. The van der Waals surface area contributed by atoms with E-state index in [4.69, 9.17) is 5.73 Å². The zero-order valence-electron chi connectivity index (χ0n) is 16.8. The number of alkyl halides is 3. The molecule has 0 radical (unpaired) electrons. The number of anilines is 3. The van der Waals surface area contributed by atoms with Gasteiger partial charge in [-0.2, -0.15) is 13.2 Å². The molecule has 0 saturated carbocycles. The van der Waals surface area contributed by atoms with Crippen molar-refractivity contribution in [2.75, 3.05) is 43.4 Å². The third-order valence-electron chi connectivity index (χ3n) is 5.76. The lowest BCUT2D eigenvalue weighted by molar-refractivity contribution is -0.137. The van der Waals surface area contributed by atoms with Gasteiger partial charge in [-0.25, -0.2) is 0 Å². The van der Waals surface area contributed by atoms with E-state index in [2.05, 4.69) is 15.5 Å². The van der Waals surface area contributed by atoms with Crippen molar-refractivity contribution >= 4 is 28.8 Å². The van der Waals surface area contributed by atoms with Crippen LogP contribution >= 0.6 is 11.8 Å². The average Bonchev–Trinajstić information content (AvgIpc) is 2.95. The van der Waals surface area contributed by atoms with E-state index in [1.54, 1.807) is 0 Å². The van der Waals surface area contributed by atoms with Gasteiger partial charge in [0.2, 0.25) is 0 Å². The maximum Gasteiger partial charge on any atom is 0.416 e. The Morgan fingerprint density at radius 1 is 1.13 bits per heavy atom. The molecule has 30 heavy (non-hydrogen) atoms. The Morgan fingerprint density at radius 3 is 2.77 bits per heavy atom. The smallest absolute Gasteiger partial charge is 0.383 e. The lowest BCUT2D eigenvalue weighted by Gasteiger charge is -2.26. The van der Waals surface area contributed by atoms with Crippen molar-refractivity contribution in [2.24, 2.45) is 11.7 Å². The number of benzene rings is 2. The molecule has 4 N–H and O–H groups in total. The molecule has 4 rings (SSSR count). The number of nitrogens with zero attached hydrogens (tertiary/aromatic N) is 1. The van der Waals surface area contributed by atoms with Gasteiger partial charge in [0.05, 0.1) is 22.6 Å². The summed E-state index contributed by atoms with van der Waals surface area (Å²) in [7, 11) is 0. The number of likely N-dealkylation sites (tertiary alicyclic amines) is 1. The minimum absolute atomic E-state index is 0.432. The highest BCUT2D eigenvalue weighted by Gasteiger charge is 2.33. The molecule has 0 aliphatic carbocycles. The van der Waals surface area contributed by atoms with E-state index >= 15 is 0 Å². The number of nitrogens with two attached hydrogens (primary N) is 1. The van der Waals surface area contributed by atoms with Crippen molar-refractivity contribution in [2.45, 2.75) is 35.2 Å². The Kier molecular flexibility index (Phi) is 6.46. The van der Waals surface area contributed by atoms with Crippen LogP contribution in [0.15, 0.2) is 46.2 Å². The molecular formula is C22H27F3N4S. The summed E-state index contributed by atoms with van der Waals surface area (Å²) >= 11 is 1.38. The SMILES string of the molecule is NCCN1CCCC(CNc2cc(C(F)(F)F)cc3c2Nc2ccccc2S3)CC1. The molecule has 8 heteroatoms. The van der Waals surface area contributed by atoms with Gasteiger partial charge < -0.3 is 21.3 Å². The molecule has 2 aliphatic rings. The van der Waals surface area contributed by atoms with Gasteiger partial charge in [-0.3, -0.25) is 0 Å². The number of rotatable bonds is 5. The first-order valence-electron chi connectivity index (χ1n) is 10.4. The molecule has 0 spiro atoms. The largest absolute Gasteiger partial charge is 0.416 e. The highest BCUT2D eigenvalue weighted by Crippen LogP contribution is 2.49. The van der Waals surface area contributed by atoms with Gasteiger partial charge in [0.25, 0.3) is 0 Å². The van der Waals surface area contributed by atoms with E-state index in [1.807, 2.05) is 24.3 Å². The third-order valence-corrected chi connectivity index (χ3v) is 6.88. The van der Waals surface area contributed by atoms with Gasteiger partial charge in [-0.05, 0) is 62.5 Å². The molecule has 2 aliphatic heterocycles. The predicted octanol–water partition coefficient (Wildman–Crippen LogP) is 5.39. The van der Waals surface area contributed by atoms with Crippen LogP contribution in [0.3, 0.4) is 0 Å². The summed E-state index contributed by atoms with van der Waals surface area (Å²) in [6.45, 7) is 4.26. The van der Waals surface area contributed by atoms with Crippen LogP contribution in [0, 0.1) is 5.92 Å². The Bertz CT molecular complexity index is 887. The van der Waals surface area contributed by atoms with Gasteiger partial charge >= 0.3 is 6.18 Å². The molecule has 1 fully saturated rings. The Hall–Kier alpha value is -1.90. The second-order valence-electron chi connectivity index (χ2n) is 7.93. The normalized spacial score (nSPS) is 19.4. The molecule has 0 bridgehead atoms. The predicted molar refractivity (Wildman–Crippen MR) is 117 cm³/mol. The monoisotopic (exact) mass is 436 g/mol. The van der Waals surface area contributed by atoms with Crippen molar-refractivity contribution in [1.29, 1.82) is 0 Å².